The summed E-state index contributed by atoms with van der Waals surface area (Å²) in [6.07, 6.45) is 2.13. The van der Waals surface area contributed by atoms with Gasteiger partial charge in [0.25, 0.3) is 11.8 Å². The average molecular weight is 453 g/mol. The maximum absolute atomic E-state index is 12.7. The zero-order chi connectivity index (χ0) is 23.3. The number of nitrogens with one attached hydrogen (secondary N) is 2. The molecule has 1 atom stereocenters. The van der Waals surface area contributed by atoms with E-state index in [1.54, 1.807) is 37.3 Å². The van der Waals surface area contributed by atoms with Gasteiger partial charge >= 0.3 is 5.97 Å². The molecule has 0 bridgehead atoms. The lowest BCUT2D eigenvalue weighted by Crippen LogP contribution is -2.29. The van der Waals surface area contributed by atoms with Crippen LogP contribution in [0.1, 0.15) is 72.1 Å². The van der Waals surface area contributed by atoms with E-state index in [2.05, 4.69) is 27.5 Å². The maximum Gasteiger partial charge on any atom is 0.335 e. The molecule has 0 spiro atoms. The molecule has 0 radical (unpaired) electrons. The van der Waals surface area contributed by atoms with E-state index in [0.717, 1.165) is 16.9 Å². The second-order valence-corrected chi connectivity index (χ2v) is 8.52. The summed E-state index contributed by atoms with van der Waals surface area (Å²) in [5.41, 5.74) is 1.75. The molecular formula is C23H24N4O4S. The molecule has 3 rings (SSSR count). The Labute approximate surface area is 189 Å². The highest BCUT2D eigenvalue weighted by Gasteiger charge is 2.17. The number of hydrogen-bond acceptors (Lipinski definition) is 6. The van der Waals surface area contributed by atoms with Crippen molar-refractivity contribution in [3.63, 3.8) is 0 Å². The molecule has 2 heterocycles. The van der Waals surface area contributed by atoms with Gasteiger partial charge in [-0.05, 0) is 49.6 Å². The normalized spacial score (nSPS) is 11.6. The summed E-state index contributed by atoms with van der Waals surface area (Å²) in [6.45, 7) is 5.95. The monoisotopic (exact) mass is 452 g/mol. The summed E-state index contributed by atoms with van der Waals surface area (Å²) < 4.78 is 0. The van der Waals surface area contributed by atoms with Gasteiger partial charge < -0.3 is 15.7 Å². The van der Waals surface area contributed by atoms with Gasteiger partial charge in [-0.25, -0.2) is 14.8 Å². The lowest BCUT2D eigenvalue weighted by Gasteiger charge is -2.15. The fourth-order valence-electron chi connectivity index (χ4n) is 3.12. The minimum atomic E-state index is -0.998. The highest BCUT2D eigenvalue weighted by atomic mass is 32.1. The van der Waals surface area contributed by atoms with Crippen molar-refractivity contribution in [2.75, 3.05) is 0 Å². The van der Waals surface area contributed by atoms with E-state index in [9.17, 15) is 14.4 Å². The average Bonchev–Trinajstić information content (AvgIpc) is 3.25. The minimum Gasteiger partial charge on any atom is -0.478 e. The van der Waals surface area contributed by atoms with Crippen molar-refractivity contribution in [1.29, 1.82) is 0 Å². The lowest BCUT2D eigenvalue weighted by molar-refractivity contribution is 0.0695. The van der Waals surface area contributed by atoms with Crippen LogP contribution in [-0.4, -0.2) is 32.9 Å². The summed E-state index contributed by atoms with van der Waals surface area (Å²) in [6, 6.07) is 9.88. The van der Waals surface area contributed by atoms with Crippen molar-refractivity contribution in [2.24, 2.45) is 0 Å². The van der Waals surface area contributed by atoms with Crippen LogP contribution in [-0.2, 0) is 13.0 Å². The van der Waals surface area contributed by atoms with Gasteiger partial charge in [0.05, 0.1) is 18.2 Å². The maximum atomic E-state index is 12.7. The van der Waals surface area contributed by atoms with Gasteiger partial charge in [-0.1, -0.05) is 19.1 Å². The van der Waals surface area contributed by atoms with Crippen molar-refractivity contribution in [3.8, 4) is 0 Å². The predicted octanol–water partition coefficient (Wildman–Crippen LogP) is 3.53. The number of nitrogens with zero attached hydrogens (tertiary/aromatic N) is 2. The molecule has 0 saturated carbocycles. The minimum absolute atomic E-state index is 0.0697. The van der Waals surface area contributed by atoms with Gasteiger partial charge in [0, 0.05) is 15.8 Å². The molecule has 3 aromatic rings. The number of carbonyl (C=O) groups excluding carboxylic acids is 2. The SMILES string of the molecule is CCc1ccc(CNC(=O)c2cc(C(=O)N[C@@H](C)c3ccc(C(=O)O)c(C)c3)ncn2)s1. The molecule has 2 aromatic heterocycles. The van der Waals surface area contributed by atoms with Gasteiger partial charge in [0.1, 0.15) is 17.7 Å². The Balaban J connectivity index is 1.64. The number of aryl methyl sites for hydroxylation is 2. The smallest absolute Gasteiger partial charge is 0.335 e. The van der Waals surface area contributed by atoms with Gasteiger partial charge in [-0.3, -0.25) is 9.59 Å². The zero-order valence-corrected chi connectivity index (χ0v) is 18.8. The summed E-state index contributed by atoms with van der Waals surface area (Å²) >= 11 is 1.64. The van der Waals surface area contributed by atoms with E-state index in [1.165, 1.54) is 23.3 Å². The van der Waals surface area contributed by atoms with Crippen molar-refractivity contribution in [1.82, 2.24) is 20.6 Å². The standard InChI is InChI=1S/C23H24N4O4S/c1-4-16-6-7-17(32-16)11-24-21(28)19-10-20(26-12-25-19)22(29)27-14(3)15-5-8-18(23(30)31)13(2)9-15/h5-10,12,14H,4,11H2,1-3H3,(H,24,28)(H,27,29)(H,30,31)/t14-/m0/s1. The van der Waals surface area contributed by atoms with Crippen molar-refractivity contribution < 1.29 is 19.5 Å². The molecule has 32 heavy (non-hydrogen) atoms. The molecule has 0 fully saturated rings. The number of aromatic carboxylic acids is 1. The molecule has 3 N–H and O–H groups in total. The van der Waals surface area contributed by atoms with Crippen LogP contribution in [0.25, 0.3) is 0 Å². The second kappa shape index (κ2) is 10.1. The Morgan fingerprint density at radius 3 is 2.34 bits per heavy atom. The number of carboxylic acids is 1. The van der Waals surface area contributed by atoms with Crippen LogP contribution in [0.15, 0.2) is 42.7 Å². The third-order valence-corrected chi connectivity index (χ3v) is 6.18. The van der Waals surface area contributed by atoms with Crippen molar-refractivity contribution in [2.45, 2.75) is 39.8 Å². The summed E-state index contributed by atoms with van der Waals surface area (Å²) in [5.74, 6) is -1.84. The van der Waals surface area contributed by atoms with Crippen molar-refractivity contribution >= 4 is 29.1 Å². The first-order valence-electron chi connectivity index (χ1n) is 10.1. The van der Waals surface area contributed by atoms with Crippen LogP contribution >= 0.6 is 11.3 Å². The molecule has 0 unspecified atom stereocenters. The Hall–Kier alpha value is -3.59. The number of amides is 2. The van der Waals surface area contributed by atoms with E-state index in [0.29, 0.717) is 12.1 Å². The van der Waals surface area contributed by atoms with Crippen LogP contribution in [0.5, 0.6) is 0 Å². The highest BCUT2D eigenvalue weighted by Crippen LogP contribution is 2.18. The third kappa shape index (κ3) is 5.55. The van der Waals surface area contributed by atoms with Crippen LogP contribution in [0.4, 0.5) is 0 Å². The molecule has 8 nitrogen and oxygen atoms in total. The van der Waals surface area contributed by atoms with Gasteiger partial charge in [0.15, 0.2) is 0 Å². The summed E-state index contributed by atoms with van der Waals surface area (Å²) in [7, 11) is 0. The van der Waals surface area contributed by atoms with Crippen LogP contribution in [0.2, 0.25) is 0 Å². The number of carbonyl (C=O) groups is 3. The molecule has 9 heteroatoms. The van der Waals surface area contributed by atoms with Crippen LogP contribution < -0.4 is 10.6 Å². The van der Waals surface area contributed by atoms with E-state index in [1.807, 2.05) is 12.1 Å². The number of aromatic nitrogens is 2. The lowest BCUT2D eigenvalue weighted by atomic mass is 10.0. The number of hydrogen-bond donors (Lipinski definition) is 3. The quantitative estimate of drug-likeness (QED) is 0.481. The van der Waals surface area contributed by atoms with E-state index in [4.69, 9.17) is 5.11 Å². The summed E-state index contributed by atoms with van der Waals surface area (Å²) in [4.78, 5) is 46.5. The first-order chi connectivity index (χ1) is 15.3. The predicted molar refractivity (Wildman–Crippen MR) is 121 cm³/mol. The Kier molecular flexibility index (Phi) is 7.32. The largest absolute Gasteiger partial charge is 0.478 e. The first kappa shape index (κ1) is 23.1. The van der Waals surface area contributed by atoms with Gasteiger partial charge in [-0.2, -0.15) is 0 Å². The molecular weight excluding hydrogens is 428 g/mol. The molecule has 0 saturated heterocycles. The molecule has 0 aliphatic heterocycles. The van der Waals surface area contributed by atoms with Gasteiger partial charge in [0.2, 0.25) is 0 Å². The third-order valence-electron chi connectivity index (χ3n) is 4.95. The number of rotatable bonds is 8. The topological polar surface area (TPSA) is 121 Å². The molecule has 1 aromatic carbocycles. The number of benzene rings is 1. The number of carboxylic acid groups (broad SMARTS) is 1. The van der Waals surface area contributed by atoms with Gasteiger partial charge in [-0.15, -0.1) is 11.3 Å². The Bertz CT molecular complexity index is 1160. The van der Waals surface area contributed by atoms with Crippen LogP contribution in [0.3, 0.4) is 0 Å². The van der Waals surface area contributed by atoms with E-state index < -0.39 is 11.9 Å². The first-order valence-corrected chi connectivity index (χ1v) is 10.9. The van der Waals surface area contributed by atoms with Crippen molar-refractivity contribution in [3.05, 3.63) is 80.6 Å². The number of thiophene rings is 1. The Morgan fingerprint density at radius 2 is 1.72 bits per heavy atom. The highest BCUT2D eigenvalue weighted by molar-refractivity contribution is 7.11. The molecule has 0 aliphatic carbocycles. The molecule has 0 aliphatic rings. The Morgan fingerprint density at radius 1 is 1.03 bits per heavy atom. The molecule has 166 valence electrons. The zero-order valence-electron chi connectivity index (χ0n) is 18.0. The second-order valence-electron chi connectivity index (χ2n) is 7.27. The fourth-order valence-corrected chi connectivity index (χ4v) is 4.02. The molecule has 2 amide bonds. The fraction of sp³-hybridized carbons (Fsp3) is 0.261. The van der Waals surface area contributed by atoms with E-state index in [-0.39, 0.29) is 28.9 Å². The van der Waals surface area contributed by atoms with E-state index >= 15 is 0 Å². The summed E-state index contributed by atoms with van der Waals surface area (Å²) in [5, 5.41) is 14.8. The van der Waals surface area contributed by atoms with Crippen LogP contribution in [0, 0.1) is 6.92 Å².